The molecule has 106 valence electrons. The molecule has 1 saturated heterocycles. The largest absolute Gasteiger partial charge is 0.376 e. The van der Waals surface area contributed by atoms with E-state index in [2.05, 4.69) is 22.1 Å². The summed E-state index contributed by atoms with van der Waals surface area (Å²) in [5.41, 5.74) is 0. The Morgan fingerprint density at radius 3 is 3.05 bits per heavy atom. The normalized spacial score (nSPS) is 19.7. The van der Waals surface area contributed by atoms with Crippen molar-refractivity contribution in [1.82, 2.24) is 20.1 Å². The van der Waals surface area contributed by atoms with Crippen LogP contribution in [0.1, 0.15) is 49.6 Å². The molecule has 1 N–H and O–H groups in total. The Labute approximate surface area is 113 Å². The van der Waals surface area contributed by atoms with Gasteiger partial charge in [0.1, 0.15) is 5.82 Å². The van der Waals surface area contributed by atoms with E-state index in [4.69, 9.17) is 4.74 Å². The van der Waals surface area contributed by atoms with Gasteiger partial charge in [-0.25, -0.2) is 4.98 Å². The molecule has 1 aromatic rings. The Hall–Kier alpha value is -1.43. The highest BCUT2D eigenvalue weighted by Crippen LogP contribution is 2.15. The van der Waals surface area contributed by atoms with Crippen LogP contribution in [0.2, 0.25) is 0 Å². The third-order valence-electron chi connectivity index (χ3n) is 3.28. The van der Waals surface area contributed by atoms with Crippen molar-refractivity contribution in [2.24, 2.45) is 0 Å². The SMILES string of the molecule is CCCOC1CCCN(C(=O)c2n[nH]c(CC)n2)C1. The van der Waals surface area contributed by atoms with Gasteiger partial charge in [0.15, 0.2) is 0 Å². The van der Waals surface area contributed by atoms with Crippen molar-refractivity contribution in [1.29, 1.82) is 0 Å². The minimum Gasteiger partial charge on any atom is -0.376 e. The molecule has 2 heterocycles. The van der Waals surface area contributed by atoms with Crippen molar-refractivity contribution in [3.63, 3.8) is 0 Å². The Balaban J connectivity index is 1.94. The number of carbonyl (C=O) groups is 1. The number of ether oxygens (including phenoxy) is 1. The lowest BCUT2D eigenvalue weighted by Gasteiger charge is -2.31. The van der Waals surface area contributed by atoms with Gasteiger partial charge < -0.3 is 9.64 Å². The zero-order valence-corrected chi connectivity index (χ0v) is 11.7. The van der Waals surface area contributed by atoms with Crippen molar-refractivity contribution < 1.29 is 9.53 Å². The van der Waals surface area contributed by atoms with Gasteiger partial charge in [-0.15, -0.1) is 5.10 Å². The third kappa shape index (κ3) is 3.53. The van der Waals surface area contributed by atoms with Crippen LogP contribution in [0.25, 0.3) is 0 Å². The predicted molar refractivity (Wildman–Crippen MR) is 70.9 cm³/mol. The van der Waals surface area contributed by atoms with Gasteiger partial charge in [0.2, 0.25) is 5.82 Å². The van der Waals surface area contributed by atoms with E-state index in [1.807, 2.05) is 6.92 Å². The van der Waals surface area contributed by atoms with Crippen LogP contribution in [0.15, 0.2) is 0 Å². The summed E-state index contributed by atoms with van der Waals surface area (Å²) in [5.74, 6) is 0.924. The second-order valence-corrected chi connectivity index (χ2v) is 4.85. The molecule has 0 radical (unpaired) electrons. The van der Waals surface area contributed by atoms with Crippen molar-refractivity contribution in [2.45, 2.75) is 45.6 Å². The van der Waals surface area contributed by atoms with Gasteiger partial charge in [0.25, 0.3) is 5.91 Å². The number of nitrogens with zero attached hydrogens (tertiary/aromatic N) is 3. The van der Waals surface area contributed by atoms with E-state index in [-0.39, 0.29) is 17.8 Å². The maximum Gasteiger partial charge on any atom is 0.293 e. The fourth-order valence-corrected chi connectivity index (χ4v) is 2.23. The molecule has 1 aliphatic heterocycles. The Morgan fingerprint density at radius 2 is 2.37 bits per heavy atom. The molecular formula is C13H22N4O2. The van der Waals surface area contributed by atoms with Crippen LogP contribution in [-0.2, 0) is 11.2 Å². The number of H-pyrrole nitrogens is 1. The van der Waals surface area contributed by atoms with Crippen molar-refractivity contribution >= 4 is 5.91 Å². The van der Waals surface area contributed by atoms with Crippen LogP contribution in [0.5, 0.6) is 0 Å². The molecule has 1 aromatic heterocycles. The molecule has 19 heavy (non-hydrogen) atoms. The lowest BCUT2D eigenvalue weighted by molar-refractivity contribution is 0.00173. The molecule has 0 spiro atoms. The van der Waals surface area contributed by atoms with Gasteiger partial charge in [0.05, 0.1) is 6.10 Å². The van der Waals surface area contributed by atoms with Crippen LogP contribution >= 0.6 is 0 Å². The minimum atomic E-state index is -0.0965. The molecule has 0 bridgehead atoms. The number of rotatable bonds is 5. The number of carbonyl (C=O) groups excluding carboxylic acids is 1. The summed E-state index contributed by atoms with van der Waals surface area (Å²) >= 11 is 0. The lowest BCUT2D eigenvalue weighted by atomic mass is 10.1. The smallest absolute Gasteiger partial charge is 0.293 e. The standard InChI is InChI=1S/C13H22N4O2/c1-3-8-19-10-6-5-7-17(9-10)13(18)12-14-11(4-2)15-16-12/h10H,3-9H2,1-2H3,(H,14,15,16). The van der Waals surface area contributed by atoms with E-state index in [9.17, 15) is 4.79 Å². The highest BCUT2D eigenvalue weighted by atomic mass is 16.5. The molecule has 2 rings (SSSR count). The molecule has 1 unspecified atom stereocenters. The average molecular weight is 266 g/mol. The summed E-state index contributed by atoms with van der Waals surface area (Å²) < 4.78 is 5.73. The molecule has 1 amide bonds. The van der Waals surface area contributed by atoms with Crippen LogP contribution in [0.4, 0.5) is 0 Å². The summed E-state index contributed by atoms with van der Waals surface area (Å²) in [6, 6.07) is 0. The quantitative estimate of drug-likeness (QED) is 0.874. The first-order valence-electron chi connectivity index (χ1n) is 7.06. The van der Waals surface area contributed by atoms with E-state index < -0.39 is 0 Å². The number of aromatic nitrogens is 3. The average Bonchev–Trinajstić information content (AvgIpc) is 2.93. The van der Waals surface area contributed by atoms with E-state index in [0.717, 1.165) is 44.7 Å². The summed E-state index contributed by atoms with van der Waals surface area (Å²) in [6.45, 7) is 6.24. The summed E-state index contributed by atoms with van der Waals surface area (Å²) in [6.07, 6.45) is 3.92. The Morgan fingerprint density at radius 1 is 1.53 bits per heavy atom. The number of aryl methyl sites for hydroxylation is 1. The monoisotopic (exact) mass is 266 g/mol. The Bertz CT molecular complexity index is 419. The lowest BCUT2D eigenvalue weighted by Crippen LogP contribution is -2.43. The number of likely N-dealkylation sites (tertiary alicyclic amines) is 1. The number of nitrogens with one attached hydrogen (secondary N) is 1. The first kappa shape index (κ1) is 14.0. The molecule has 0 saturated carbocycles. The number of amides is 1. The van der Waals surface area contributed by atoms with Crippen molar-refractivity contribution in [3.05, 3.63) is 11.6 Å². The van der Waals surface area contributed by atoms with Gasteiger partial charge in [-0.2, -0.15) is 0 Å². The number of aromatic amines is 1. The Kier molecular flexibility index (Phi) is 4.90. The fourth-order valence-electron chi connectivity index (χ4n) is 2.23. The van der Waals surface area contributed by atoms with Crippen LogP contribution in [0.3, 0.4) is 0 Å². The maximum absolute atomic E-state index is 12.3. The van der Waals surface area contributed by atoms with Gasteiger partial charge >= 0.3 is 0 Å². The zero-order chi connectivity index (χ0) is 13.7. The van der Waals surface area contributed by atoms with Gasteiger partial charge in [0, 0.05) is 26.1 Å². The number of piperidine rings is 1. The summed E-state index contributed by atoms with van der Waals surface area (Å²) in [5, 5.41) is 6.76. The summed E-state index contributed by atoms with van der Waals surface area (Å²) in [4.78, 5) is 18.3. The second-order valence-electron chi connectivity index (χ2n) is 4.85. The van der Waals surface area contributed by atoms with Gasteiger partial charge in [-0.05, 0) is 19.3 Å². The topological polar surface area (TPSA) is 71.1 Å². The van der Waals surface area contributed by atoms with E-state index in [1.54, 1.807) is 4.90 Å². The minimum absolute atomic E-state index is 0.0965. The van der Waals surface area contributed by atoms with E-state index in [0.29, 0.717) is 6.54 Å². The molecular weight excluding hydrogens is 244 g/mol. The van der Waals surface area contributed by atoms with Crippen LogP contribution in [-0.4, -0.2) is 51.8 Å². The third-order valence-corrected chi connectivity index (χ3v) is 3.28. The second kappa shape index (κ2) is 6.65. The van der Waals surface area contributed by atoms with E-state index >= 15 is 0 Å². The summed E-state index contributed by atoms with van der Waals surface area (Å²) in [7, 11) is 0. The zero-order valence-electron chi connectivity index (χ0n) is 11.7. The molecule has 0 aliphatic carbocycles. The fraction of sp³-hybridized carbons (Fsp3) is 0.769. The van der Waals surface area contributed by atoms with E-state index in [1.165, 1.54) is 0 Å². The number of hydrogen-bond donors (Lipinski definition) is 1. The molecule has 1 aliphatic rings. The van der Waals surface area contributed by atoms with Crippen LogP contribution in [0, 0.1) is 0 Å². The molecule has 1 fully saturated rings. The first-order chi connectivity index (χ1) is 9.24. The molecule has 6 heteroatoms. The van der Waals surface area contributed by atoms with Crippen molar-refractivity contribution in [3.8, 4) is 0 Å². The maximum atomic E-state index is 12.3. The molecule has 0 aromatic carbocycles. The van der Waals surface area contributed by atoms with Crippen molar-refractivity contribution in [2.75, 3.05) is 19.7 Å². The number of hydrogen-bond acceptors (Lipinski definition) is 4. The van der Waals surface area contributed by atoms with Crippen LogP contribution < -0.4 is 0 Å². The first-order valence-corrected chi connectivity index (χ1v) is 7.06. The van der Waals surface area contributed by atoms with Gasteiger partial charge in [-0.3, -0.25) is 9.89 Å². The predicted octanol–water partition coefficient (Wildman–Crippen LogP) is 1.40. The molecule has 6 nitrogen and oxygen atoms in total. The highest BCUT2D eigenvalue weighted by Gasteiger charge is 2.26. The molecule has 1 atom stereocenters. The van der Waals surface area contributed by atoms with Gasteiger partial charge in [-0.1, -0.05) is 13.8 Å². The highest BCUT2D eigenvalue weighted by molar-refractivity contribution is 5.90.